The molecular weight excluding hydrogens is 490 g/mol. The fourth-order valence-electron chi connectivity index (χ4n) is 4.06. The van der Waals surface area contributed by atoms with E-state index in [-0.39, 0.29) is 17.9 Å². The SMILES string of the molecule is Cc1ccc(S(=O)(=O)NCCCCCC(=O)Oc2ccc3c(-c4ccccc4)cc(=O)oc3c2C)cc1. The van der Waals surface area contributed by atoms with E-state index in [4.69, 9.17) is 9.15 Å². The minimum Gasteiger partial charge on any atom is -0.426 e. The molecule has 0 bridgehead atoms. The molecule has 1 heterocycles. The number of esters is 1. The minimum absolute atomic E-state index is 0.191. The van der Waals surface area contributed by atoms with E-state index in [0.29, 0.717) is 36.2 Å². The number of carbonyl (C=O) groups excluding carboxylic acids is 1. The Morgan fingerprint density at radius 3 is 2.38 bits per heavy atom. The predicted molar refractivity (Wildman–Crippen MR) is 143 cm³/mol. The zero-order valence-electron chi connectivity index (χ0n) is 20.8. The van der Waals surface area contributed by atoms with Crippen LogP contribution in [0.25, 0.3) is 22.1 Å². The van der Waals surface area contributed by atoms with Crippen molar-refractivity contribution in [2.24, 2.45) is 0 Å². The molecule has 7 nitrogen and oxygen atoms in total. The monoisotopic (exact) mass is 519 g/mol. The van der Waals surface area contributed by atoms with E-state index in [1.165, 1.54) is 6.07 Å². The third kappa shape index (κ3) is 6.53. The molecule has 0 radical (unpaired) electrons. The molecule has 0 aliphatic heterocycles. The third-order valence-electron chi connectivity index (χ3n) is 6.10. The Balaban J connectivity index is 1.31. The smallest absolute Gasteiger partial charge is 0.336 e. The minimum atomic E-state index is -3.54. The van der Waals surface area contributed by atoms with E-state index in [1.54, 1.807) is 43.3 Å². The maximum Gasteiger partial charge on any atom is 0.336 e. The van der Waals surface area contributed by atoms with Crippen LogP contribution in [0.4, 0.5) is 0 Å². The van der Waals surface area contributed by atoms with Gasteiger partial charge in [-0.25, -0.2) is 17.9 Å². The van der Waals surface area contributed by atoms with Crippen molar-refractivity contribution in [3.05, 3.63) is 94.3 Å². The standard InChI is InChI=1S/C29H29NO6S/c1-20-12-14-23(15-13-20)37(33,34)30-18-8-4-7-11-27(31)35-26-17-16-24-25(22-9-5-3-6-10-22)19-28(32)36-29(24)21(26)2/h3,5-6,9-10,12-17,19,30H,4,7-8,11,18H2,1-2H3. The first-order valence-electron chi connectivity index (χ1n) is 12.1. The molecule has 0 fully saturated rings. The van der Waals surface area contributed by atoms with Crippen molar-refractivity contribution in [2.75, 3.05) is 6.54 Å². The van der Waals surface area contributed by atoms with Gasteiger partial charge in [-0.1, -0.05) is 54.4 Å². The molecule has 37 heavy (non-hydrogen) atoms. The molecule has 1 aromatic heterocycles. The molecule has 0 saturated carbocycles. The van der Waals surface area contributed by atoms with Crippen molar-refractivity contribution < 1.29 is 22.4 Å². The van der Waals surface area contributed by atoms with Gasteiger partial charge in [0.2, 0.25) is 10.0 Å². The number of fused-ring (bicyclic) bond motifs is 1. The van der Waals surface area contributed by atoms with Gasteiger partial charge in [-0.15, -0.1) is 0 Å². The van der Waals surface area contributed by atoms with Crippen LogP contribution in [-0.4, -0.2) is 20.9 Å². The van der Waals surface area contributed by atoms with Gasteiger partial charge >= 0.3 is 11.6 Å². The highest BCUT2D eigenvalue weighted by Crippen LogP contribution is 2.33. The topological polar surface area (TPSA) is 103 Å². The molecule has 4 aromatic rings. The van der Waals surface area contributed by atoms with Gasteiger partial charge in [0.05, 0.1) is 4.90 Å². The lowest BCUT2D eigenvalue weighted by atomic mass is 10.0. The van der Waals surface area contributed by atoms with Crippen LogP contribution in [0.5, 0.6) is 5.75 Å². The molecule has 0 unspecified atom stereocenters. The quantitative estimate of drug-likeness (QED) is 0.128. The number of hydrogen-bond acceptors (Lipinski definition) is 6. The first-order valence-corrected chi connectivity index (χ1v) is 13.6. The Labute approximate surface area is 216 Å². The van der Waals surface area contributed by atoms with E-state index < -0.39 is 21.6 Å². The molecule has 4 rings (SSSR count). The summed E-state index contributed by atoms with van der Waals surface area (Å²) in [6, 6.07) is 21.2. The van der Waals surface area contributed by atoms with E-state index in [2.05, 4.69) is 4.72 Å². The van der Waals surface area contributed by atoms with Gasteiger partial charge in [-0.3, -0.25) is 4.79 Å². The summed E-state index contributed by atoms with van der Waals surface area (Å²) in [4.78, 5) is 24.9. The highest BCUT2D eigenvalue weighted by atomic mass is 32.2. The van der Waals surface area contributed by atoms with Crippen LogP contribution in [0.3, 0.4) is 0 Å². The van der Waals surface area contributed by atoms with Crippen LogP contribution in [0.2, 0.25) is 0 Å². The lowest BCUT2D eigenvalue weighted by molar-refractivity contribution is -0.134. The molecule has 0 spiro atoms. The van der Waals surface area contributed by atoms with Crippen LogP contribution in [0.15, 0.2) is 86.9 Å². The molecule has 3 aromatic carbocycles. The Morgan fingerprint density at radius 1 is 0.919 bits per heavy atom. The number of nitrogens with one attached hydrogen (secondary N) is 1. The zero-order chi connectivity index (χ0) is 26.4. The molecule has 0 saturated heterocycles. The number of sulfonamides is 1. The van der Waals surface area contributed by atoms with Gasteiger partial charge < -0.3 is 9.15 Å². The molecule has 1 N–H and O–H groups in total. The van der Waals surface area contributed by atoms with Gasteiger partial charge in [0.1, 0.15) is 11.3 Å². The van der Waals surface area contributed by atoms with E-state index in [9.17, 15) is 18.0 Å². The number of aryl methyl sites for hydroxylation is 2. The number of benzene rings is 3. The lowest BCUT2D eigenvalue weighted by Crippen LogP contribution is -2.24. The van der Waals surface area contributed by atoms with Crippen LogP contribution in [-0.2, 0) is 14.8 Å². The van der Waals surface area contributed by atoms with Crippen molar-refractivity contribution in [1.82, 2.24) is 4.72 Å². The van der Waals surface area contributed by atoms with E-state index in [1.807, 2.05) is 37.3 Å². The summed E-state index contributed by atoms with van der Waals surface area (Å²) in [7, 11) is -3.54. The van der Waals surface area contributed by atoms with E-state index in [0.717, 1.165) is 22.1 Å². The largest absolute Gasteiger partial charge is 0.426 e. The first kappa shape index (κ1) is 26.3. The Bertz CT molecular complexity index is 1560. The second-order valence-electron chi connectivity index (χ2n) is 8.91. The van der Waals surface area contributed by atoms with Crippen molar-refractivity contribution >= 4 is 27.0 Å². The summed E-state index contributed by atoms with van der Waals surface area (Å²) >= 11 is 0. The van der Waals surface area contributed by atoms with Crippen LogP contribution in [0, 0.1) is 13.8 Å². The summed E-state index contributed by atoms with van der Waals surface area (Å²) in [5, 5.41) is 0.760. The lowest BCUT2D eigenvalue weighted by Gasteiger charge is -2.11. The van der Waals surface area contributed by atoms with Crippen LogP contribution >= 0.6 is 0 Å². The number of carbonyl (C=O) groups is 1. The van der Waals surface area contributed by atoms with Gasteiger partial charge in [0.15, 0.2) is 0 Å². The highest BCUT2D eigenvalue weighted by molar-refractivity contribution is 7.89. The number of ether oxygens (including phenoxy) is 1. The Kier molecular flexibility index (Phi) is 8.21. The van der Waals surface area contributed by atoms with Gasteiger partial charge in [0, 0.05) is 30.0 Å². The average Bonchev–Trinajstić information content (AvgIpc) is 2.88. The van der Waals surface area contributed by atoms with Crippen molar-refractivity contribution in [3.63, 3.8) is 0 Å². The number of rotatable bonds is 10. The predicted octanol–water partition coefficient (Wildman–Crippen LogP) is 5.52. The highest BCUT2D eigenvalue weighted by Gasteiger charge is 2.16. The third-order valence-corrected chi connectivity index (χ3v) is 7.58. The van der Waals surface area contributed by atoms with Gasteiger partial charge in [-0.2, -0.15) is 0 Å². The summed E-state index contributed by atoms with van der Waals surface area (Å²) in [6.07, 6.45) is 2.01. The van der Waals surface area contributed by atoms with E-state index >= 15 is 0 Å². The normalized spacial score (nSPS) is 11.5. The molecule has 8 heteroatoms. The molecule has 192 valence electrons. The maximum atomic E-state index is 12.4. The molecule has 0 aliphatic carbocycles. The zero-order valence-corrected chi connectivity index (χ0v) is 21.6. The molecule has 0 amide bonds. The Morgan fingerprint density at radius 2 is 1.65 bits per heavy atom. The van der Waals surface area contributed by atoms with Crippen LogP contribution < -0.4 is 15.1 Å². The average molecular weight is 520 g/mol. The van der Waals surface area contributed by atoms with Crippen molar-refractivity contribution in [3.8, 4) is 16.9 Å². The summed E-state index contributed by atoms with van der Waals surface area (Å²) in [5.41, 5.74) is 3.13. The molecular formula is C29H29NO6S. The summed E-state index contributed by atoms with van der Waals surface area (Å²) < 4.78 is 38.3. The van der Waals surface area contributed by atoms with Crippen LogP contribution in [0.1, 0.15) is 36.8 Å². The first-order chi connectivity index (χ1) is 17.7. The molecule has 0 atom stereocenters. The van der Waals surface area contributed by atoms with Crippen molar-refractivity contribution in [1.29, 1.82) is 0 Å². The second kappa shape index (κ2) is 11.5. The molecule has 0 aliphatic rings. The fourth-order valence-corrected chi connectivity index (χ4v) is 5.14. The van der Waals surface area contributed by atoms with Gasteiger partial charge in [0.25, 0.3) is 0 Å². The maximum absolute atomic E-state index is 12.4. The second-order valence-corrected chi connectivity index (χ2v) is 10.7. The number of unbranched alkanes of at least 4 members (excludes halogenated alkanes) is 2. The number of hydrogen-bond donors (Lipinski definition) is 1. The fraction of sp³-hybridized carbons (Fsp3) is 0.241. The van der Waals surface area contributed by atoms with Gasteiger partial charge in [-0.05, 0) is 62.1 Å². The summed E-state index contributed by atoms with van der Waals surface area (Å²) in [5.74, 6) is -0.0547. The Hall–Kier alpha value is -3.75. The summed E-state index contributed by atoms with van der Waals surface area (Å²) in [6.45, 7) is 3.94. The van der Waals surface area contributed by atoms with Crippen molar-refractivity contribution in [2.45, 2.75) is 44.4 Å².